The summed E-state index contributed by atoms with van der Waals surface area (Å²) in [4.78, 5) is 3.91. The number of rotatable bonds is 2. The monoisotopic (exact) mass is 315 g/mol. The Morgan fingerprint density at radius 2 is 2.12 bits per heavy atom. The summed E-state index contributed by atoms with van der Waals surface area (Å²) >= 11 is 9.26. The van der Waals surface area contributed by atoms with Crippen molar-refractivity contribution in [3.8, 4) is 0 Å². The van der Waals surface area contributed by atoms with E-state index in [1.54, 1.807) is 6.20 Å². The van der Waals surface area contributed by atoms with Crippen LogP contribution in [0.3, 0.4) is 0 Å². The first-order valence-electron chi connectivity index (χ1n) is 4.69. The van der Waals surface area contributed by atoms with Gasteiger partial charge < -0.3 is 11.1 Å². The molecule has 88 valence electrons. The zero-order chi connectivity index (χ0) is 12.4. The fourth-order valence-electron chi connectivity index (χ4n) is 1.31. The molecule has 0 aliphatic heterocycles. The van der Waals surface area contributed by atoms with Crippen molar-refractivity contribution in [2.75, 3.05) is 11.1 Å². The van der Waals surface area contributed by atoms with E-state index in [1.165, 1.54) is 24.4 Å². The topological polar surface area (TPSA) is 50.9 Å². The van der Waals surface area contributed by atoms with Crippen molar-refractivity contribution < 1.29 is 4.39 Å². The molecule has 1 heterocycles. The molecule has 1 aromatic carbocycles. The first-order valence-corrected chi connectivity index (χ1v) is 5.86. The molecule has 0 radical (unpaired) electrons. The Labute approximate surface area is 111 Å². The second-order valence-electron chi connectivity index (χ2n) is 3.33. The van der Waals surface area contributed by atoms with Gasteiger partial charge in [-0.05, 0) is 34.1 Å². The lowest BCUT2D eigenvalue weighted by Gasteiger charge is -2.12. The number of nitrogens with one attached hydrogen (secondary N) is 1. The Morgan fingerprint density at radius 3 is 2.82 bits per heavy atom. The van der Waals surface area contributed by atoms with Gasteiger partial charge in [0.2, 0.25) is 0 Å². The first-order chi connectivity index (χ1) is 8.08. The number of hydrogen-bond donors (Lipinski definition) is 2. The molecule has 0 saturated carbocycles. The molecule has 0 saturated heterocycles. The number of benzene rings is 1. The molecule has 0 fully saturated rings. The van der Waals surface area contributed by atoms with Gasteiger partial charge in [-0.1, -0.05) is 11.6 Å². The molecule has 3 nitrogen and oxygen atoms in total. The normalized spacial score (nSPS) is 10.3. The Bertz CT molecular complexity index is 542. The van der Waals surface area contributed by atoms with E-state index < -0.39 is 0 Å². The van der Waals surface area contributed by atoms with E-state index in [2.05, 4.69) is 26.2 Å². The number of halogens is 3. The van der Waals surface area contributed by atoms with Crippen LogP contribution in [0.5, 0.6) is 0 Å². The maximum Gasteiger partial charge on any atom is 0.125 e. The number of nitrogens with zero attached hydrogens (tertiary/aromatic N) is 1. The molecule has 0 bridgehead atoms. The van der Waals surface area contributed by atoms with Crippen LogP contribution in [0.4, 0.5) is 21.5 Å². The van der Waals surface area contributed by atoms with Crippen molar-refractivity contribution in [1.29, 1.82) is 0 Å². The molecule has 1 aromatic heterocycles. The van der Waals surface area contributed by atoms with Crippen LogP contribution in [0.15, 0.2) is 35.1 Å². The molecule has 0 spiro atoms. The largest absolute Gasteiger partial charge is 0.396 e. The summed E-state index contributed by atoms with van der Waals surface area (Å²) in [6.45, 7) is 0. The van der Waals surface area contributed by atoms with E-state index in [4.69, 9.17) is 17.3 Å². The highest BCUT2D eigenvalue weighted by atomic mass is 79.9. The van der Waals surface area contributed by atoms with Gasteiger partial charge in [0, 0.05) is 6.20 Å². The van der Waals surface area contributed by atoms with Gasteiger partial charge in [-0.2, -0.15) is 0 Å². The van der Waals surface area contributed by atoms with Crippen LogP contribution in [0, 0.1) is 5.82 Å². The molecular weight excluding hydrogens is 308 g/mol. The van der Waals surface area contributed by atoms with Gasteiger partial charge in [-0.15, -0.1) is 0 Å². The lowest BCUT2D eigenvalue weighted by molar-refractivity contribution is 0.628. The quantitative estimate of drug-likeness (QED) is 0.881. The molecule has 0 aliphatic rings. The average Bonchev–Trinajstić information content (AvgIpc) is 2.28. The summed E-state index contributed by atoms with van der Waals surface area (Å²) in [5, 5.41) is 3.38. The summed E-state index contributed by atoms with van der Waals surface area (Å²) in [5.74, 6) is -0.374. The highest BCUT2D eigenvalue weighted by Gasteiger charge is 2.08. The molecule has 2 aromatic rings. The van der Waals surface area contributed by atoms with E-state index in [0.29, 0.717) is 26.6 Å². The van der Waals surface area contributed by atoms with Crippen LogP contribution >= 0.6 is 27.5 Å². The number of anilines is 3. The average molecular weight is 317 g/mol. The Hall–Kier alpha value is -1.33. The molecule has 3 N–H and O–H groups in total. The third-order valence-corrected chi connectivity index (χ3v) is 3.05. The maximum atomic E-state index is 13.1. The van der Waals surface area contributed by atoms with Crippen molar-refractivity contribution in [3.05, 3.63) is 45.9 Å². The van der Waals surface area contributed by atoms with Crippen molar-refractivity contribution in [3.63, 3.8) is 0 Å². The minimum Gasteiger partial charge on any atom is -0.396 e. The van der Waals surface area contributed by atoms with Gasteiger partial charge in [0.25, 0.3) is 0 Å². The van der Waals surface area contributed by atoms with Crippen LogP contribution in [-0.4, -0.2) is 4.98 Å². The van der Waals surface area contributed by atoms with E-state index in [9.17, 15) is 4.39 Å². The molecule has 0 aliphatic carbocycles. The number of hydrogen-bond acceptors (Lipinski definition) is 3. The molecule has 17 heavy (non-hydrogen) atoms. The zero-order valence-electron chi connectivity index (χ0n) is 8.55. The van der Waals surface area contributed by atoms with Crippen molar-refractivity contribution in [2.24, 2.45) is 0 Å². The van der Waals surface area contributed by atoms with Gasteiger partial charge in [0.15, 0.2) is 0 Å². The third kappa shape index (κ3) is 2.68. The highest BCUT2D eigenvalue weighted by molar-refractivity contribution is 9.10. The lowest BCUT2D eigenvalue weighted by atomic mass is 10.2. The van der Waals surface area contributed by atoms with Gasteiger partial charge in [-0.3, -0.25) is 4.98 Å². The minimum absolute atomic E-state index is 0.374. The summed E-state index contributed by atoms with van der Waals surface area (Å²) in [7, 11) is 0. The summed E-state index contributed by atoms with van der Waals surface area (Å²) in [6.07, 6.45) is 3.09. The van der Waals surface area contributed by atoms with Crippen molar-refractivity contribution >= 4 is 44.6 Å². The van der Waals surface area contributed by atoms with Crippen LogP contribution in [-0.2, 0) is 0 Å². The zero-order valence-corrected chi connectivity index (χ0v) is 10.9. The number of nitrogens with two attached hydrogens (primary N) is 1. The van der Waals surface area contributed by atoms with Crippen LogP contribution in [0.2, 0.25) is 5.02 Å². The second kappa shape index (κ2) is 4.89. The van der Waals surface area contributed by atoms with Gasteiger partial charge in [-0.25, -0.2) is 4.39 Å². The number of nitrogen functional groups attached to an aromatic ring is 1. The van der Waals surface area contributed by atoms with E-state index in [-0.39, 0.29) is 5.82 Å². The molecule has 0 atom stereocenters. The molecule has 6 heteroatoms. The smallest absolute Gasteiger partial charge is 0.125 e. The Morgan fingerprint density at radius 1 is 1.35 bits per heavy atom. The fourth-order valence-corrected chi connectivity index (χ4v) is 1.92. The molecule has 2 rings (SSSR count). The predicted molar refractivity (Wildman–Crippen MR) is 71.0 cm³/mol. The van der Waals surface area contributed by atoms with Gasteiger partial charge >= 0.3 is 0 Å². The summed E-state index contributed by atoms with van der Waals surface area (Å²) in [6, 6.07) is 4.07. The first kappa shape index (κ1) is 12.1. The van der Waals surface area contributed by atoms with E-state index in [0.717, 1.165) is 0 Å². The Balaban J connectivity index is 2.41. The van der Waals surface area contributed by atoms with Crippen molar-refractivity contribution in [1.82, 2.24) is 4.98 Å². The number of pyridine rings is 1. The van der Waals surface area contributed by atoms with Crippen LogP contribution < -0.4 is 11.1 Å². The second-order valence-corrected chi connectivity index (χ2v) is 4.60. The lowest BCUT2D eigenvalue weighted by Crippen LogP contribution is -1.99. The SMILES string of the molecule is Nc1cncc(Br)c1Nc1cc(F)ccc1Cl. The Kier molecular flexibility index (Phi) is 3.49. The van der Waals surface area contributed by atoms with Crippen LogP contribution in [0.25, 0.3) is 0 Å². The summed E-state index contributed by atoms with van der Waals surface area (Å²) in [5.41, 5.74) is 7.26. The number of aromatic nitrogens is 1. The molecule has 0 unspecified atom stereocenters. The molecular formula is C11H8BrClFN3. The predicted octanol–water partition coefficient (Wildman–Crippen LogP) is 3.96. The minimum atomic E-state index is -0.374. The fraction of sp³-hybridized carbons (Fsp3) is 0. The van der Waals surface area contributed by atoms with Gasteiger partial charge in [0.05, 0.1) is 32.8 Å². The van der Waals surface area contributed by atoms with Crippen LogP contribution in [0.1, 0.15) is 0 Å². The molecule has 0 amide bonds. The van der Waals surface area contributed by atoms with Gasteiger partial charge in [0.1, 0.15) is 5.82 Å². The highest BCUT2D eigenvalue weighted by Crippen LogP contribution is 2.33. The maximum absolute atomic E-state index is 13.1. The summed E-state index contributed by atoms with van der Waals surface area (Å²) < 4.78 is 13.8. The standard InChI is InChI=1S/C11H8BrClFN3/c12-7-4-16-5-9(15)11(7)17-10-3-6(14)1-2-8(10)13/h1-5H,15H2,(H,16,17). The van der Waals surface area contributed by atoms with E-state index in [1.807, 2.05) is 0 Å². The third-order valence-electron chi connectivity index (χ3n) is 2.12. The van der Waals surface area contributed by atoms with Crippen molar-refractivity contribution in [2.45, 2.75) is 0 Å². The van der Waals surface area contributed by atoms with E-state index >= 15 is 0 Å².